The van der Waals surface area contributed by atoms with E-state index in [0.717, 1.165) is 0 Å². The molecule has 0 amide bonds. The van der Waals surface area contributed by atoms with Crippen LogP contribution in [0.25, 0.3) is 0 Å². The van der Waals surface area contributed by atoms with Gasteiger partial charge in [-0.1, -0.05) is 5.92 Å². The molecule has 0 radical (unpaired) electrons. The highest BCUT2D eigenvalue weighted by atomic mass is 16.5. The summed E-state index contributed by atoms with van der Waals surface area (Å²) in [6.07, 6.45) is 10.2. The molecule has 2 nitrogen and oxygen atoms in total. The number of esters is 1. The molecule has 0 aliphatic heterocycles. The van der Waals surface area contributed by atoms with Crippen molar-refractivity contribution in [2.45, 2.75) is 12.8 Å². The van der Waals surface area contributed by atoms with Crippen LogP contribution in [-0.4, -0.2) is 12.6 Å². The van der Waals surface area contributed by atoms with Crippen molar-refractivity contribution in [3.8, 4) is 24.7 Å². The number of ether oxygens (including phenoxy) is 1. The second kappa shape index (κ2) is 5.72. The Balaban J connectivity index is 3.26. The van der Waals surface area contributed by atoms with E-state index in [9.17, 15) is 4.79 Å². The molecule has 0 atom stereocenters. The number of carbonyl (C=O) groups is 1. The van der Waals surface area contributed by atoms with Gasteiger partial charge in [0.15, 0.2) is 0 Å². The maximum absolute atomic E-state index is 10.5. The maximum atomic E-state index is 10.5. The van der Waals surface area contributed by atoms with E-state index in [1.54, 1.807) is 0 Å². The maximum Gasteiger partial charge on any atom is 0.317 e. The standard InChI is InChI=1S/C8H8O2/c1-3-5-7-10-8(9)6-4-2/h1-2H,5-7H2. The number of carbonyl (C=O) groups excluding carboxylic acids is 1. The van der Waals surface area contributed by atoms with Crippen LogP contribution in [0.4, 0.5) is 0 Å². The highest BCUT2D eigenvalue weighted by molar-refractivity contribution is 5.72. The van der Waals surface area contributed by atoms with Gasteiger partial charge in [-0.05, 0) is 0 Å². The second-order valence-corrected chi connectivity index (χ2v) is 1.56. The summed E-state index contributed by atoms with van der Waals surface area (Å²) in [5.74, 6) is 4.11. The molecule has 0 aromatic carbocycles. The van der Waals surface area contributed by atoms with Crippen LogP contribution in [0.2, 0.25) is 0 Å². The molecular weight excluding hydrogens is 128 g/mol. The van der Waals surface area contributed by atoms with Gasteiger partial charge >= 0.3 is 5.97 Å². The Labute approximate surface area is 60.6 Å². The molecule has 0 rings (SSSR count). The Hall–Kier alpha value is -1.41. The monoisotopic (exact) mass is 136 g/mol. The zero-order valence-corrected chi connectivity index (χ0v) is 5.59. The molecule has 0 aliphatic carbocycles. The molecule has 0 saturated heterocycles. The van der Waals surface area contributed by atoms with Crippen molar-refractivity contribution in [1.29, 1.82) is 0 Å². The molecule has 0 spiro atoms. The van der Waals surface area contributed by atoms with Gasteiger partial charge < -0.3 is 4.74 Å². The summed E-state index contributed by atoms with van der Waals surface area (Å²) in [6.45, 7) is 0.261. The van der Waals surface area contributed by atoms with Crippen LogP contribution in [0.3, 0.4) is 0 Å². The fourth-order valence-corrected chi connectivity index (χ4v) is 0.358. The Morgan fingerprint density at radius 2 is 2.10 bits per heavy atom. The Morgan fingerprint density at radius 3 is 2.60 bits per heavy atom. The summed E-state index contributed by atoms with van der Waals surface area (Å²) < 4.78 is 4.60. The quantitative estimate of drug-likeness (QED) is 0.322. The average Bonchev–Trinajstić information content (AvgIpc) is 1.89. The smallest absolute Gasteiger partial charge is 0.317 e. The normalized spacial score (nSPS) is 7.40. The van der Waals surface area contributed by atoms with Gasteiger partial charge in [-0.25, -0.2) is 0 Å². The van der Waals surface area contributed by atoms with E-state index >= 15 is 0 Å². The number of hydrogen-bond acceptors (Lipinski definition) is 2. The summed E-state index contributed by atoms with van der Waals surface area (Å²) in [4.78, 5) is 10.5. The first-order chi connectivity index (χ1) is 4.81. The number of terminal acetylenes is 2. The first kappa shape index (κ1) is 8.59. The highest BCUT2D eigenvalue weighted by Gasteiger charge is 1.96. The third-order valence-corrected chi connectivity index (χ3v) is 0.756. The minimum Gasteiger partial charge on any atom is -0.464 e. The van der Waals surface area contributed by atoms with Crippen LogP contribution in [0, 0.1) is 24.7 Å². The second-order valence-electron chi connectivity index (χ2n) is 1.56. The lowest BCUT2D eigenvalue weighted by molar-refractivity contribution is -0.142. The Kier molecular flexibility index (Phi) is 4.91. The minimum atomic E-state index is -0.391. The van der Waals surface area contributed by atoms with E-state index in [1.807, 2.05) is 0 Å². The molecule has 0 heterocycles. The third-order valence-electron chi connectivity index (χ3n) is 0.756. The average molecular weight is 136 g/mol. The van der Waals surface area contributed by atoms with E-state index in [2.05, 4.69) is 16.6 Å². The first-order valence-corrected chi connectivity index (χ1v) is 2.83. The summed E-state index contributed by atoms with van der Waals surface area (Å²) in [7, 11) is 0. The zero-order chi connectivity index (χ0) is 7.82. The molecule has 10 heavy (non-hydrogen) atoms. The molecule has 0 unspecified atom stereocenters. The molecule has 0 saturated carbocycles. The van der Waals surface area contributed by atoms with Gasteiger partial charge in [0.2, 0.25) is 0 Å². The van der Waals surface area contributed by atoms with Crippen LogP contribution in [0.15, 0.2) is 0 Å². The highest BCUT2D eigenvalue weighted by Crippen LogP contribution is 1.85. The summed E-state index contributed by atoms with van der Waals surface area (Å²) in [5.41, 5.74) is 0. The van der Waals surface area contributed by atoms with Crippen LogP contribution >= 0.6 is 0 Å². The van der Waals surface area contributed by atoms with Crippen molar-refractivity contribution >= 4 is 5.97 Å². The lowest BCUT2D eigenvalue weighted by Crippen LogP contribution is -2.03. The molecule has 0 N–H and O–H groups in total. The Bertz CT molecular complexity index is 180. The molecule has 0 bridgehead atoms. The van der Waals surface area contributed by atoms with Crippen LogP contribution in [-0.2, 0) is 9.53 Å². The first-order valence-electron chi connectivity index (χ1n) is 2.83. The van der Waals surface area contributed by atoms with Gasteiger partial charge in [0.25, 0.3) is 0 Å². The van der Waals surface area contributed by atoms with E-state index in [-0.39, 0.29) is 13.0 Å². The fourth-order valence-electron chi connectivity index (χ4n) is 0.358. The minimum absolute atomic E-state index is 0.0184. The molecule has 2 heteroatoms. The van der Waals surface area contributed by atoms with E-state index in [1.165, 1.54) is 0 Å². The molecule has 0 aromatic rings. The topological polar surface area (TPSA) is 26.3 Å². The number of rotatable bonds is 3. The summed E-state index contributed by atoms with van der Waals surface area (Å²) in [6, 6.07) is 0. The van der Waals surface area contributed by atoms with Gasteiger partial charge in [0.05, 0.1) is 0 Å². The van der Waals surface area contributed by atoms with Crippen molar-refractivity contribution < 1.29 is 9.53 Å². The van der Waals surface area contributed by atoms with Crippen molar-refractivity contribution in [2.24, 2.45) is 0 Å². The molecule has 0 fully saturated rings. The van der Waals surface area contributed by atoms with Crippen molar-refractivity contribution in [2.75, 3.05) is 6.61 Å². The summed E-state index contributed by atoms with van der Waals surface area (Å²) in [5, 5.41) is 0. The predicted octanol–water partition coefficient (Wildman–Crippen LogP) is 0.576. The summed E-state index contributed by atoms with van der Waals surface area (Å²) >= 11 is 0. The van der Waals surface area contributed by atoms with Crippen molar-refractivity contribution in [3.63, 3.8) is 0 Å². The van der Waals surface area contributed by atoms with Crippen LogP contribution < -0.4 is 0 Å². The predicted molar refractivity (Wildman–Crippen MR) is 37.9 cm³/mol. The largest absolute Gasteiger partial charge is 0.464 e. The van der Waals surface area contributed by atoms with E-state index in [4.69, 9.17) is 12.8 Å². The zero-order valence-electron chi connectivity index (χ0n) is 5.59. The molecule has 0 aliphatic rings. The van der Waals surface area contributed by atoms with Gasteiger partial charge in [-0.15, -0.1) is 18.8 Å². The van der Waals surface area contributed by atoms with Gasteiger partial charge in [-0.2, -0.15) is 0 Å². The molecule has 0 aromatic heterocycles. The van der Waals surface area contributed by atoms with Gasteiger partial charge in [0, 0.05) is 6.42 Å². The van der Waals surface area contributed by atoms with Crippen molar-refractivity contribution in [3.05, 3.63) is 0 Å². The fraction of sp³-hybridized carbons (Fsp3) is 0.375. The Morgan fingerprint density at radius 1 is 1.40 bits per heavy atom. The lowest BCUT2D eigenvalue weighted by Gasteiger charge is -1.96. The van der Waals surface area contributed by atoms with Gasteiger partial charge in [-0.3, -0.25) is 4.79 Å². The van der Waals surface area contributed by atoms with Crippen molar-refractivity contribution in [1.82, 2.24) is 0 Å². The van der Waals surface area contributed by atoms with Crippen LogP contribution in [0.5, 0.6) is 0 Å². The number of hydrogen-bond donors (Lipinski definition) is 0. The SMILES string of the molecule is C#CCCOC(=O)CC#C. The third kappa shape index (κ3) is 4.74. The lowest BCUT2D eigenvalue weighted by atomic mass is 10.4. The van der Waals surface area contributed by atoms with Gasteiger partial charge in [0.1, 0.15) is 13.0 Å². The van der Waals surface area contributed by atoms with Crippen LogP contribution in [0.1, 0.15) is 12.8 Å². The molecular formula is C8H8O2. The molecule has 52 valence electrons. The van der Waals surface area contributed by atoms with E-state index in [0.29, 0.717) is 6.42 Å². The van der Waals surface area contributed by atoms with E-state index < -0.39 is 5.97 Å².